The third-order valence-electron chi connectivity index (χ3n) is 4.78. The molecule has 0 aliphatic rings. The average Bonchev–Trinajstić information content (AvgIpc) is 3.13. The Labute approximate surface area is 175 Å². The maximum Gasteiger partial charge on any atom is 0.416 e. The summed E-state index contributed by atoms with van der Waals surface area (Å²) in [6, 6.07) is 13.2. The number of anilines is 1. The SMILES string of the molecule is COc1ccccc1-c1cc(C(=O)Nc2cccc(C(F)(F)F)c2)c2cnn(C)c2n1. The quantitative estimate of drug-likeness (QED) is 0.503. The molecule has 4 rings (SSSR count). The first-order chi connectivity index (χ1) is 14.8. The zero-order valence-electron chi connectivity index (χ0n) is 16.6. The molecule has 6 nitrogen and oxygen atoms in total. The second-order valence-electron chi connectivity index (χ2n) is 6.79. The molecule has 0 fully saturated rings. The molecule has 0 atom stereocenters. The van der Waals surface area contributed by atoms with Crippen LogP contribution in [0.3, 0.4) is 0 Å². The highest BCUT2D eigenvalue weighted by atomic mass is 19.4. The summed E-state index contributed by atoms with van der Waals surface area (Å²) in [6.07, 6.45) is -3.01. The number of methoxy groups -OCH3 is 1. The van der Waals surface area contributed by atoms with Gasteiger partial charge in [0.15, 0.2) is 5.65 Å². The minimum Gasteiger partial charge on any atom is -0.496 e. The van der Waals surface area contributed by atoms with Gasteiger partial charge in [-0.1, -0.05) is 18.2 Å². The summed E-state index contributed by atoms with van der Waals surface area (Å²) in [6.45, 7) is 0. The van der Waals surface area contributed by atoms with Crippen LogP contribution in [0.4, 0.5) is 18.9 Å². The minimum absolute atomic E-state index is 0.0347. The van der Waals surface area contributed by atoms with Gasteiger partial charge in [-0.15, -0.1) is 0 Å². The molecule has 1 N–H and O–H groups in total. The van der Waals surface area contributed by atoms with Gasteiger partial charge in [0.05, 0.1) is 35.5 Å². The topological polar surface area (TPSA) is 69.0 Å². The van der Waals surface area contributed by atoms with E-state index < -0.39 is 17.6 Å². The summed E-state index contributed by atoms with van der Waals surface area (Å²) >= 11 is 0. The van der Waals surface area contributed by atoms with E-state index in [1.54, 1.807) is 25.2 Å². The van der Waals surface area contributed by atoms with Crippen LogP contribution in [0.1, 0.15) is 15.9 Å². The lowest BCUT2D eigenvalue weighted by atomic mass is 10.1. The largest absolute Gasteiger partial charge is 0.496 e. The molecule has 158 valence electrons. The molecule has 0 radical (unpaired) electrons. The van der Waals surface area contributed by atoms with E-state index in [0.717, 1.165) is 12.1 Å². The highest BCUT2D eigenvalue weighted by Gasteiger charge is 2.30. The number of amides is 1. The van der Waals surface area contributed by atoms with Gasteiger partial charge < -0.3 is 10.1 Å². The third kappa shape index (κ3) is 3.94. The number of rotatable bonds is 4. The molecule has 0 saturated carbocycles. The van der Waals surface area contributed by atoms with Crippen molar-refractivity contribution in [3.8, 4) is 17.0 Å². The number of carbonyl (C=O) groups excluding carboxylic acids is 1. The minimum atomic E-state index is -4.51. The van der Waals surface area contributed by atoms with E-state index in [2.05, 4.69) is 15.4 Å². The van der Waals surface area contributed by atoms with Gasteiger partial charge >= 0.3 is 6.18 Å². The fourth-order valence-electron chi connectivity index (χ4n) is 3.27. The molecule has 31 heavy (non-hydrogen) atoms. The summed E-state index contributed by atoms with van der Waals surface area (Å²) < 4.78 is 45.9. The predicted molar refractivity (Wildman–Crippen MR) is 110 cm³/mol. The summed E-state index contributed by atoms with van der Waals surface area (Å²) in [5.74, 6) is -0.00312. The molecule has 0 spiro atoms. The normalized spacial score (nSPS) is 11.5. The zero-order chi connectivity index (χ0) is 22.2. The van der Waals surface area contributed by atoms with Crippen LogP contribution in [0.15, 0.2) is 60.8 Å². The standard InChI is InChI=1S/C22H17F3N4O2/c1-29-20-17(12-26-29)16(11-18(28-20)15-8-3-4-9-19(15)31-2)21(30)27-14-7-5-6-13(10-14)22(23,24)25/h3-12H,1-2H3,(H,27,30). The Balaban J connectivity index is 1.79. The number of hydrogen-bond acceptors (Lipinski definition) is 4. The molecule has 0 unspecified atom stereocenters. The number of halogens is 3. The number of aromatic nitrogens is 3. The summed E-state index contributed by atoms with van der Waals surface area (Å²) in [4.78, 5) is 17.6. The first-order valence-corrected chi connectivity index (χ1v) is 9.22. The lowest BCUT2D eigenvalue weighted by Gasteiger charge is -2.12. The number of alkyl halides is 3. The Morgan fingerprint density at radius 1 is 1.10 bits per heavy atom. The number of nitrogens with one attached hydrogen (secondary N) is 1. The molecular weight excluding hydrogens is 409 g/mol. The number of ether oxygens (including phenoxy) is 1. The van der Waals surface area contributed by atoms with E-state index in [1.807, 2.05) is 12.1 Å². The molecule has 2 heterocycles. The highest BCUT2D eigenvalue weighted by molar-refractivity contribution is 6.12. The molecule has 9 heteroatoms. The Morgan fingerprint density at radius 3 is 2.61 bits per heavy atom. The molecular formula is C22H17F3N4O2. The van der Waals surface area contributed by atoms with Crippen molar-refractivity contribution in [2.75, 3.05) is 12.4 Å². The van der Waals surface area contributed by atoms with E-state index in [0.29, 0.717) is 28.0 Å². The van der Waals surface area contributed by atoms with Gasteiger partial charge in [-0.2, -0.15) is 18.3 Å². The Morgan fingerprint density at radius 2 is 1.87 bits per heavy atom. The van der Waals surface area contributed by atoms with Crippen LogP contribution >= 0.6 is 0 Å². The van der Waals surface area contributed by atoms with E-state index in [4.69, 9.17) is 4.74 Å². The first kappa shape index (κ1) is 20.4. The summed E-state index contributed by atoms with van der Waals surface area (Å²) in [7, 11) is 3.22. The molecule has 0 saturated heterocycles. The van der Waals surface area contributed by atoms with Crippen LogP contribution in [0.2, 0.25) is 0 Å². The fourth-order valence-corrected chi connectivity index (χ4v) is 3.27. The van der Waals surface area contributed by atoms with Crippen LogP contribution in [-0.2, 0) is 13.2 Å². The lowest BCUT2D eigenvalue weighted by molar-refractivity contribution is -0.137. The van der Waals surface area contributed by atoms with Crippen LogP contribution in [0.5, 0.6) is 5.75 Å². The molecule has 4 aromatic rings. The predicted octanol–water partition coefficient (Wildman–Crippen LogP) is 4.92. The van der Waals surface area contributed by atoms with E-state index in [-0.39, 0.29) is 11.3 Å². The van der Waals surface area contributed by atoms with Crippen molar-refractivity contribution in [2.45, 2.75) is 6.18 Å². The summed E-state index contributed by atoms with van der Waals surface area (Å²) in [5, 5.41) is 7.19. The Kier molecular flexibility index (Phi) is 5.10. The van der Waals surface area contributed by atoms with Crippen LogP contribution < -0.4 is 10.1 Å². The number of para-hydroxylation sites is 1. The number of carbonyl (C=O) groups is 1. The molecule has 1 amide bonds. The Bertz CT molecular complexity index is 1280. The number of aryl methyl sites for hydroxylation is 1. The van der Waals surface area contributed by atoms with Crippen molar-refractivity contribution in [1.82, 2.24) is 14.8 Å². The third-order valence-corrected chi connectivity index (χ3v) is 4.78. The number of nitrogens with zero attached hydrogens (tertiary/aromatic N) is 3. The monoisotopic (exact) mass is 426 g/mol. The van der Waals surface area contributed by atoms with E-state index in [9.17, 15) is 18.0 Å². The number of pyridine rings is 1. The number of benzene rings is 2. The van der Waals surface area contributed by atoms with Crippen molar-refractivity contribution in [2.24, 2.45) is 7.05 Å². The maximum absolute atomic E-state index is 13.0. The van der Waals surface area contributed by atoms with Gasteiger partial charge in [-0.05, 0) is 36.4 Å². The van der Waals surface area contributed by atoms with Gasteiger partial charge in [-0.25, -0.2) is 4.98 Å². The van der Waals surface area contributed by atoms with Crippen molar-refractivity contribution >= 4 is 22.6 Å². The molecule has 0 aliphatic heterocycles. The number of fused-ring (bicyclic) bond motifs is 1. The van der Waals surface area contributed by atoms with Gasteiger partial charge in [0.1, 0.15) is 5.75 Å². The van der Waals surface area contributed by atoms with Gasteiger partial charge in [0, 0.05) is 18.3 Å². The first-order valence-electron chi connectivity index (χ1n) is 9.22. The molecule has 0 aliphatic carbocycles. The molecule has 2 aromatic carbocycles. The molecule has 0 bridgehead atoms. The van der Waals surface area contributed by atoms with Gasteiger partial charge in [-0.3, -0.25) is 9.48 Å². The summed E-state index contributed by atoms with van der Waals surface area (Å²) in [5.41, 5.74) is 1.02. The van der Waals surface area contributed by atoms with Crippen LogP contribution in [0.25, 0.3) is 22.3 Å². The number of hydrogen-bond donors (Lipinski definition) is 1. The highest BCUT2D eigenvalue weighted by Crippen LogP contribution is 2.33. The second kappa shape index (κ2) is 7.75. The fraction of sp³-hybridized carbons (Fsp3) is 0.136. The van der Waals surface area contributed by atoms with Crippen LogP contribution in [0, 0.1) is 0 Å². The van der Waals surface area contributed by atoms with Gasteiger partial charge in [0.25, 0.3) is 5.91 Å². The van der Waals surface area contributed by atoms with E-state index >= 15 is 0 Å². The molecule has 2 aromatic heterocycles. The van der Waals surface area contributed by atoms with E-state index in [1.165, 1.54) is 30.1 Å². The van der Waals surface area contributed by atoms with Gasteiger partial charge in [0.2, 0.25) is 0 Å². The average molecular weight is 426 g/mol. The smallest absolute Gasteiger partial charge is 0.416 e. The maximum atomic E-state index is 13.0. The lowest BCUT2D eigenvalue weighted by Crippen LogP contribution is -2.14. The zero-order valence-corrected chi connectivity index (χ0v) is 16.6. The second-order valence-corrected chi connectivity index (χ2v) is 6.79. The van der Waals surface area contributed by atoms with Crippen LogP contribution in [-0.4, -0.2) is 27.8 Å². The van der Waals surface area contributed by atoms with Crippen molar-refractivity contribution in [3.63, 3.8) is 0 Å². The Hall–Kier alpha value is -3.88. The van der Waals surface area contributed by atoms with Crippen molar-refractivity contribution in [3.05, 3.63) is 71.9 Å². The van der Waals surface area contributed by atoms with Crippen molar-refractivity contribution < 1.29 is 22.7 Å². The van der Waals surface area contributed by atoms with Crippen molar-refractivity contribution in [1.29, 1.82) is 0 Å².